The topological polar surface area (TPSA) is 135 Å². The van der Waals surface area contributed by atoms with Crippen LogP contribution in [0.25, 0.3) is 11.3 Å². The molecular formula is C32H40N2O7S. The first-order valence-corrected chi connectivity index (χ1v) is 16.5. The highest BCUT2D eigenvalue weighted by Crippen LogP contribution is 2.40. The lowest BCUT2D eigenvalue weighted by atomic mass is 9.81. The summed E-state index contributed by atoms with van der Waals surface area (Å²) in [4.78, 5) is 23.1. The van der Waals surface area contributed by atoms with E-state index < -0.39 is 15.8 Å². The van der Waals surface area contributed by atoms with Gasteiger partial charge in [-0.3, -0.25) is 9.59 Å². The number of carboxylic acid groups (broad SMARTS) is 1. The van der Waals surface area contributed by atoms with Gasteiger partial charge in [-0.05, 0) is 86.7 Å². The van der Waals surface area contributed by atoms with Crippen molar-refractivity contribution in [2.45, 2.75) is 57.9 Å². The fraction of sp³-hybridized carbons (Fsp3) is 0.438. The molecule has 42 heavy (non-hydrogen) atoms. The molecule has 4 rings (SSSR count). The van der Waals surface area contributed by atoms with E-state index in [9.17, 15) is 18.0 Å². The van der Waals surface area contributed by atoms with E-state index >= 15 is 0 Å². The number of carbonyl (C=O) groups is 2. The third-order valence-corrected chi connectivity index (χ3v) is 8.60. The Morgan fingerprint density at radius 1 is 1.05 bits per heavy atom. The number of nitrogens with one attached hydrogen (secondary N) is 2. The van der Waals surface area contributed by atoms with Crippen LogP contribution in [-0.2, 0) is 14.6 Å². The van der Waals surface area contributed by atoms with E-state index in [0.717, 1.165) is 41.2 Å². The molecule has 0 saturated heterocycles. The van der Waals surface area contributed by atoms with Gasteiger partial charge in [0, 0.05) is 35.2 Å². The summed E-state index contributed by atoms with van der Waals surface area (Å²) < 4.78 is 34.6. The van der Waals surface area contributed by atoms with Crippen LogP contribution in [-0.4, -0.2) is 50.6 Å². The van der Waals surface area contributed by atoms with Gasteiger partial charge < -0.3 is 24.9 Å². The number of carboxylic acids is 1. The number of hydrogen-bond acceptors (Lipinski definition) is 7. The van der Waals surface area contributed by atoms with E-state index in [1.165, 1.54) is 25.5 Å². The maximum absolute atomic E-state index is 12.4. The van der Waals surface area contributed by atoms with Crippen LogP contribution < -0.4 is 15.4 Å². The van der Waals surface area contributed by atoms with E-state index in [-0.39, 0.29) is 30.7 Å². The molecule has 1 atom stereocenters. The highest BCUT2D eigenvalue weighted by Gasteiger charge is 2.28. The number of anilines is 1. The van der Waals surface area contributed by atoms with E-state index in [1.807, 2.05) is 43.3 Å². The van der Waals surface area contributed by atoms with Gasteiger partial charge in [0.2, 0.25) is 0 Å². The van der Waals surface area contributed by atoms with Gasteiger partial charge in [0.05, 0.1) is 24.8 Å². The summed E-state index contributed by atoms with van der Waals surface area (Å²) in [5, 5.41) is 15.1. The molecule has 1 aliphatic rings. The van der Waals surface area contributed by atoms with Gasteiger partial charge in [0.25, 0.3) is 5.91 Å². The predicted molar refractivity (Wildman–Crippen MR) is 163 cm³/mol. The number of rotatable bonds is 14. The molecule has 1 heterocycles. The van der Waals surface area contributed by atoms with Gasteiger partial charge >= 0.3 is 5.97 Å². The maximum Gasteiger partial charge on any atom is 0.305 e. The van der Waals surface area contributed by atoms with Crippen molar-refractivity contribution in [3.63, 3.8) is 0 Å². The second kappa shape index (κ2) is 14.4. The van der Waals surface area contributed by atoms with Gasteiger partial charge in [-0.15, -0.1) is 0 Å². The molecule has 3 aromatic rings. The second-order valence-electron chi connectivity index (χ2n) is 11.0. The summed E-state index contributed by atoms with van der Waals surface area (Å²) in [6.07, 6.45) is 7.40. The van der Waals surface area contributed by atoms with Gasteiger partial charge in [0.1, 0.15) is 27.1 Å². The number of aliphatic carboxylic acids is 1. The van der Waals surface area contributed by atoms with Crippen LogP contribution in [0.2, 0.25) is 0 Å². The van der Waals surface area contributed by atoms with Crippen molar-refractivity contribution in [3.05, 3.63) is 71.5 Å². The highest BCUT2D eigenvalue weighted by atomic mass is 32.2. The first-order valence-electron chi connectivity index (χ1n) is 14.5. The average molecular weight is 597 g/mol. The Labute approximate surface area is 247 Å². The van der Waals surface area contributed by atoms with Crippen LogP contribution >= 0.6 is 0 Å². The van der Waals surface area contributed by atoms with E-state index in [2.05, 4.69) is 16.7 Å². The molecule has 1 amide bonds. The molecule has 9 nitrogen and oxygen atoms in total. The maximum atomic E-state index is 12.4. The fourth-order valence-corrected chi connectivity index (χ4v) is 6.02. The van der Waals surface area contributed by atoms with Crippen molar-refractivity contribution in [3.8, 4) is 17.1 Å². The number of furan rings is 1. The standard InChI is InChI=1S/C32H40N2O7S/c1-22-28(21-29(41-22)23-11-15-27(16-12-23)40-19-6-20-42(2,38)39)31(24-7-4-3-5-8-24)34-26-13-9-25(10-14-26)32(37)33-18-17-30(35)36/h9-16,21,24,31,34H,3-8,17-20H2,1-2H3,(H,33,37)(H,35,36). The van der Waals surface area contributed by atoms with E-state index in [1.54, 1.807) is 12.1 Å². The Balaban J connectivity index is 1.46. The molecule has 226 valence electrons. The molecule has 1 fully saturated rings. The van der Waals surface area contributed by atoms with Crippen LogP contribution in [0.4, 0.5) is 5.69 Å². The summed E-state index contributed by atoms with van der Waals surface area (Å²) in [5.74, 6) is 1.58. The van der Waals surface area contributed by atoms with Crippen LogP contribution in [0.5, 0.6) is 5.75 Å². The molecule has 2 aromatic carbocycles. The number of amides is 1. The average Bonchev–Trinajstić information content (AvgIpc) is 3.35. The Morgan fingerprint density at radius 3 is 2.38 bits per heavy atom. The Kier molecular flexibility index (Phi) is 10.7. The van der Waals surface area contributed by atoms with Crippen LogP contribution in [0.3, 0.4) is 0 Å². The summed E-state index contributed by atoms with van der Waals surface area (Å²) >= 11 is 0. The molecule has 1 aromatic heterocycles. The zero-order valence-corrected chi connectivity index (χ0v) is 25.0. The summed E-state index contributed by atoms with van der Waals surface area (Å²) in [6, 6.07) is 17.0. The third kappa shape index (κ3) is 9.11. The van der Waals surface area contributed by atoms with Crippen molar-refractivity contribution in [2.24, 2.45) is 5.92 Å². The smallest absolute Gasteiger partial charge is 0.305 e. The van der Waals surface area contributed by atoms with Crippen LogP contribution in [0.15, 0.2) is 59.0 Å². The quantitative estimate of drug-likeness (QED) is 0.193. The zero-order chi connectivity index (χ0) is 30.1. The lowest BCUT2D eigenvalue weighted by Crippen LogP contribution is -2.26. The Bertz CT molecular complexity index is 1440. The normalized spacial score (nSPS) is 14.7. The third-order valence-electron chi connectivity index (χ3n) is 7.57. The number of aryl methyl sites for hydroxylation is 1. The Hall–Kier alpha value is -3.79. The SMILES string of the molecule is Cc1oc(-c2ccc(OCCCS(C)(=O)=O)cc2)cc1C(Nc1ccc(C(=O)NCCC(=O)O)cc1)C1CCCCC1. The monoisotopic (exact) mass is 596 g/mol. The molecule has 1 unspecified atom stereocenters. The number of carbonyl (C=O) groups excluding carboxylic acids is 1. The van der Waals surface area contributed by atoms with Crippen molar-refractivity contribution in [2.75, 3.05) is 30.5 Å². The Morgan fingerprint density at radius 2 is 1.74 bits per heavy atom. The zero-order valence-electron chi connectivity index (χ0n) is 24.2. The summed E-state index contributed by atoms with van der Waals surface area (Å²) in [5.41, 5.74) is 3.40. The van der Waals surface area contributed by atoms with Gasteiger partial charge in [0.15, 0.2) is 0 Å². The minimum absolute atomic E-state index is 0.0375. The molecule has 3 N–H and O–H groups in total. The number of sulfone groups is 1. The molecule has 0 bridgehead atoms. The van der Waals surface area contributed by atoms with Gasteiger partial charge in [-0.2, -0.15) is 0 Å². The molecule has 1 aliphatic carbocycles. The summed E-state index contributed by atoms with van der Waals surface area (Å²) in [7, 11) is -3.00. The molecule has 10 heteroatoms. The number of ether oxygens (including phenoxy) is 1. The summed E-state index contributed by atoms with van der Waals surface area (Å²) in [6.45, 7) is 2.41. The minimum Gasteiger partial charge on any atom is -0.494 e. The first kappa shape index (κ1) is 31.2. The molecule has 0 spiro atoms. The van der Waals surface area contributed by atoms with Gasteiger partial charge in [-0.1, -0.05) is 19.3 Å². The second-order valence-corrected chi connectivity index (χ2v) is 13.2. The minimum atomic E-state index is -3.00. The number of benzene rings is 2. The fourth-order valence-electron chi connectivity index (χ4n) is 5.37. The van der Waals surface area contributed by atoms with E-state index in [4.69, 9.17) is 14.3 Å². The molecule has 0 radical (unpaired) electrons. The largest absolute Gasteiger partial charge is 0.494 e. The molecule has 0 aliphatic heterocycles. The van der Waals surface area contributed by atoms with E-state index in [0.29, 0.717) is 30.3 Å². The molecular weight excluding hydrogens is 556 g/mol. The van der Waals surface area contributed by atoms with Crippen LogP contribution in [0, 0.1) is 12.8 Å². The molecule has 1 saturated carbocycles. The number of hydrogen-bond donors (Lipinski definition) is 3. The predicted octanol–water partition coefficient (Wildman–Crippen LogP) is 6.01. The van der Waals surface area contributed by atoms with Crippen molar-refractivity contribution in [1.29, 1.82) is 0 Å². The first-order chi connectivity index (χ1) is 20.1. The van der Waals surface area contributed by atoms with Crippen molar-refractivity contribution < 1.29 is 32.3 Å². The highest BCUT2D eigenvalue weighted by molar-refractivity contribution is 7.90. The van der Waals surface area contributed by atoms with Crippen molar-refractivity contribution >= 4 is 27.4 Å². The van der Waals surface area contributed by atoms with Gasteiger partial charge in [-0.25, -0.2) is 8.42 Å². The van der Waals surface area contributed by atoms with Crippen LogP contribution in [0.1, 0.15) is 72.7 Å². The lowest BCUT2D eigenvalue weighted by molar-refractivity contribution is -0.136. The van der Waals surface area contributed by atoms with Crippen molar-refractivity contribution in [1.82, 2.24) is 5.32 Å². The lowest BCUT2D eigenvalue weighted by Gasteiger charge is -2.31.